The van der Waals surface area contributed by atoms with E-state index in [0.29, 0.717) is 18.4 Å². The van der Waals surface area contributed by atoms with Gasteiger partial charge in [-0.2, -0.15) is 0 Å². The lowest BCUT2D eigenvalue weighted by molar-refractivity contribution is 0.0424. The molecular weight excluding hydrogens is 181 g/mol. The summed E-state index contributed by atoms with van der Waals surface area (Å²) >= 11 is 0. The molecule has 0 spiro atoms. The lowest BCUT2D eigenvalue weighted by Gasteiger charge is -2.38. The minimum atomic E-state index is -0.242. The van der Waals surface area contributed by atoms with E-state index in [9.17, 15) is 9.50 Å². The number of aliphatic hydroxyl groups is 1. The highest BCUT2D eigenvalue weighted by Gasteiger charge is 2.28. The van der Waals surface area contributed by atoms with Crippen LogP contribution in [0.4, 0.5) is 4.39 Å². The highest BCUT2D eigenvalue weighted by atomic mass is 19.1. The van der Waals surface area contributed by atoms with E-state index >= 15 is 0 Å². The molecule has 0 saturated heterocycles. The summed E-state index contributed by atoms with van der Waals surface area (Å²) < 4.78 is 12.0. The van der Waals surface area contributed by atoms with E-state index in [0.717, 1.165) is 25.8 Å². The summed E-state index contributed by atoms with van der Waals surface area (Å²) in [6.07, 6.45) is 3.32. The molecular formula is C11H22FNO. The molecule has 0 heterocycles. The molecule has 14 heavy (non-hydrogen) atoms. The van der Waals surface area contributed by atoms with Crippen molar-refractivity contribution in [3.63, 3.8) is 0 Å². The number of rotatable bonds is 4. The molecule has 1 fully saturated rings. The van der Waals surface area contributed by atoms with Crippen LogP contribution >= 0.6 is 0 Å². The van der Waals surface area contributed by atoms with Gasteiger partial charge in [-0.15, -0.1) is 0 Å². The molecule has 1 aliphatic carbocycles. The second kappa shape index (κ2) is 5.66. The van der Waals surface area contributed by atoms with Crippen LogP contribution < -0.4 is 0 Å². The van der Waals surface area contributed by atoms with Crippen LogP contribution in [0.2, 0.25) is 0 Å². The van der Waals surface area contributed by atoms with E-state index in [1.54, 1.807) is 0 Å². The van der Waals surface area contributed by atoms with Crippen molar-refractivity contribution in [3.05, 3.63) is 0 Å². The fourth-order valence-corrected chi connectivity index (χ4v) is 2.37. The Balaban J connectivity index is 2.38. The second-order valence-electron chi connectivity index (χ2n) is 4.53. The summed E-state index contributed by atoms with van der Waals surface area (Å²) in [6, 6.07) is 0.435. The molecule has 1 saturated carbocycles. The second-order valence-corrected chi connectivity index (χ2v) is 4.53. The van der Waals surface area contributed by atoms with Gasteiger partial charge in [0.2, 0.25) is 0 Å². The number of aliphatic hydroxyl groups excluding tert-OH is 1. The van der Waals surface area contributed by atoms with Crippen LogP contribution in [0.1, 0.15) is 32.6 Å². The molecule has 0 radical (unpaired) electrons. The van der Waals surface area contributed by atoms with Gasteiger partial charge in [0, 0.05) is 12.6 Å². The normalized spacial score (nSPS) is 33.6. The first-order valence-corrected chi connectivity index (χ1v) is 5.59. The Kier molecular flexibility index (Phi) is 4.82. The molecule has 3 heteroatoms. The molecule has 1 rings (SSSR count). The van der Waals surface area contributed by atoms with Crippen LogP contribution in [-0.2, 0) is 0 Å². The van der Waals surface area contributed by atoms with Crippen molar-refractivity contribution in [2.24, 2.45) is 5.92 Å². The van der Waals surface area contributed by atoms with Crippen molar-refractivity contribution in [2.45, 2.75) is 44.8 Å². The number of nitrogens with zero attached hydrogens (tertiary/aromatic N) is 1. The summed E-state index contributed by atoms with van der Waals surface area (Å²) in [7, 11) is 2.04. The molecule has 3 unspecified atom stereocenters. The average Bonchev–Trinajstić information content (AvgIpc) is 2.18. The Labute approximate surface area is 86.1 Å². The van der Waals surface area contributed by atoms with Gasteiger partial charge in [0.1, 0.15) is 0 Å². The molecule has 1 aliphatic rings. The van der Waals surface area contributed by atoms with E-state index < -0.39 is 0 Å². The van der Waals surface area contributed by atoms with E-state index in [1.807, 2.05) is 7.05 Å². The van der Waals surface area contributed by atoms with E-state index in [-0.39, 0.29) is 12.8 Å². The number of halogens is 1. The maximum Gasteiger partial charge on any atom is 0.0906 e. The van der Waals surface area contributed by atoms with Gasteiger partial charge in [0.15, 0.2) is 0 Å². The zero-order valence-electron chi connectivity index (χ0n) is 9.25. The van der Waals surface area contributed by atoms with E-state index in [2.05, 4.69) is 11.8 Å². The minimum Gasteiger partial charge on any atom is -0.393 e. The van der Waals surface area contributed by atoms with Crippen molar-refractivity contribution in [1.29, 1.82) is 0 Å². The van der Waals surface area contributed by atoms with Crippen LogP contribution in [0.3, 0.4) is 0 Å². The summed E-state index contributed by atoms with van der Waals surface area (Å²) in [6.45, 7) is 2.79. The number of hydrogen-bond donors (Lipinski definition) is 1. The summed E-state index contributed by atoms with van der Waals surface area (Å²) in [5, 5.41) is 9.57. The fourth-order valence-electron chi connectivity index (χ4n) is 2.37. The topological polar surface area (TPSA) is 23.5 Å². The molecule has 1 N–H and O–H groups in total. The first kappa shape index (κ1) is 11.9. The molecule has 0 aromatic rings. The highest BCUT2D eigenvalue weighted by Crippen LogP contribution is 2.27. The first-order chi connectivity index (χ1) is 6.65. The third kappa shape index (κ3) is 3.21. The van der Waals surface area contributed by atoms with Crippen molar-refractivity contribution in [1.82, 2.24) is 4.90 Å². The molecule has 84 valence electrons. The van der Waals surface area contributed by atoms with Crippen LogP contribution in [-0.4, -0.2) is 42.4 Å². The van der Waals surface area contributed by atoms with Crippen molar-refractivity contribution < 1.29 is 9.50 Å². The van der Waals surface area contributed by atoms with Crippen molar-refractivity contribution in [2.75, 3.05) is 20.3 Å². The molecule has 0 aliphatic heterocycles. The molecule has 3 atom stereocenters. The van der Waals surface area contributed by atoms with Gasteiger partial charge >= 0.3 is 0 Å². The standard InChI is InChI=1S/C11H22FNO/c1-9-4-5-10(14)8-11(9)13(2)7-3-6-12/h9-11,14H,3-8H2,1-2H3. The summed E-state index contributed by atoms with van der Waals surface area (Å²) in [4.78, 5) is 2.20. The largest absolute Gasteiger partial charge is 0.393 e. The third-order valence-corrected chi connectivity index (χ3v) is 3.34. The molecule has 0 amide bonds. The van der Waals surface area contributed by atoms with Crippen LogP contribution in [0.25, 0.3) is 0 Å². The maximum atomic E-state index is 12.0. The van der Waals surface area contributed by atoms with E-state index in [4.69, 9.17) is 0 Å². The number of alkyl halides is 1. The summed E-state index contributed by atoms with van der Waals surface area (Å²) in [5.41, 5.74) is 0. The predicted molar refractivity (Wildman–Crippen MR) is 56.0 cm³/mol. The van der Waals surface area contributed by atoms with Gasteiger partial charge in [-0.1, -0.05) is 6.92 Å². The van der Waals surface area contributed by atoms with Gasteiger partial charge in [-0.05, 0) is 38.6 Å². The lowest BCUT2D eigenvalue weighted by atomic mass is 9.83. The quantitative estimate of drug-likeness (QED) is 0.753. The zero-order valence-corrected chi connectivity index (χ0v) is 9.25. The first-order valence-electron chi connectivity index (χ1n) is 5.59. The van der Waals surface area contributed by atoms with Crippen LogP contribution in [0.15, 0.2) is 0 Å². The molecule has 2 nitrogen and oxygen atoms in total. The molecule has 0 bridgehead atoms. The van der Waals surface area contributed by atoms with Gasteiger partial charge in [-0.25, -0.2) is 0 Å². The Hall–Kier alpha value is -0.150. The third-order valence-electron chi connectivity index (χ3n) is 3.34. The molecule has 0 aromatic carbocycles. The van der Waals surface area contributed by atoms with Gasteiger partial charge in [-0.3, -0.25) is 4.39 Å². The Morgan fingerprint density at radius 2 is 2.14 bits per heavy atom. The summed E-state index contributed by atoms with van der Waals surface area (Å²) in [5.74, 6) is 0.628. The van der Waals surface area contributed by atoms with Crippen molar-refractivity contribution in [3.8, 4) is 0 Å². The predicted octanol–water partition coefficient (Wildman–Crippen LogP) is 1.83. The van der Waals surface area contributed by atoms with E-state index in [1.165, 1.54) is 0 Å². The van der Waals surface area contributed by atoms with Crippen molar-refractivity contribution >= 4 is 0 Å². The Bertz CT molecular complexity index is 165. The van der Waals surface area contributed by atoms with Gasteiger partial charge < -0.3 is 10.0 Å². The minimum absolute atomic E-state index is 0.149. The SMILES string of the molecule is CC1CCC(O)CC1N(C)CCCF. The average molecular weight is 203 g/mol. The van der Waals surface area contributed by atoms with Gasteiger partial charge in [0.05, 0.1) is 12.8 Å². The van der Waals surface area contributed by atoms with Crippen LogP contribution in [0.5, 0.6) is 0 Å². The highest BCUT2D eigenvalue weighted by molar-refractivity contribution is 4.83. The maximum absolute atomic E-state index is 12.0. The number of hydrogen-bond acceptors (Lipinski definition) is 2. The fraction of sp³-hybridized carbons (Fsp3) is 1.00. The monoisotopic (exact) mass is 203 g/mol. The Morgan fingerprint density at radius 1 is 1.43 bits per heavy atom. The zero-order chi connectivity index (χ0) is 10.6. The Morgan fingerprint density at radius 3 is 2.79 bits per heavy atom. The lowest BCUT2D eigenvalue weighted by Crippen LogP contribution is -2.43. The van der Waals surface area contributed by atoms with Crippen LogP contribution in [0, 0.1) is 5.92 Å². The van der Waals surface area contributed by atoms with Gasteiger partial charge in [0.25, 0.3) is 0 Å². The molecule has 0 aromatic heterocycles. The smallest absolute Gasteiger partial charge is 0.0906 e.